The number of rotatable bonds is 2. The highest BCUT2D eigenvalue weighted by Gasteiger charge is 2.48. The fraction of sp³-hybridized carbons (Fsp3) is 0.923. The van der Waals surface area contributed by atoms with E-state index in [1.54, 1.807) is 0 Å². The van der Waals surface area contributed by atoms with Crippen molar-refractivity contribution >= 4 is 5.78 Å². The molecule has 93 valence electrons. The molecule has 0 aromatic heterocycles. The summed E-state index contributed by atoms with van der Waals surface area (Å²) >= 11 is 0. The molecule has 0 amide bonds. The minimum Gasteiger partial charge on any atom is -0.299 e. The van der Waals surface area contributed by atoms with E-state index < -0.39 is 11.1 Å². The van der Waals surface area contributed by atoms with Crippen molar-refractivity contribution in [2.45, 2.75) is 65.5 Å². The summed E-state index contributed by atoms with van der Waals surface area (Å²) in [6, 6.07) is 0. The Labute approximate surface area is 98.8 Å². The van der Waals surface area contributed by atoms with Crippen molar-refractivity contribution in [2.24, 2.45) is 11.8 Å². The third-order valence-corrected chi connectivity index (χ3v) is 3.56. The van der Waals surface area contributed by atoms with Gasteiger partial charge in [0, 0.05) is 22.9 Å². The summed E-state index contributed by atoms with van der Waals surface area (Å²) in [5.41, 5.74) is -0.867. The molecule has 0 atom stereocenters. The zero-order valence-electron chi connectivity index (χ0n) is 11.3. The van der Waals surface area contributed by atoms with Gasteiger partial charge in [-0.05, 0) is 40.5 Å². The standard InChI is InChI=1S/C13H24NO2/c1-9(2)11(15)10-7-12(3,4)14(16)13(5,6)8-10/h9-10H,7-8H2,1-6H3. The molecule has 3 nitrogen and oxygen atoms in total. The first-order chi connectivity index (χ1) is 7.08. The molecule has 0 aliphatic carbocycles. The summed E-state index contributed by atoms with van der Waals surface area (Å²) in [7, 11) is 0. The van der Waals surface area contributed by atoms with Crippen LogP contribution in [0.25, 0.3) is 0 Å². The van der Waals surface area contributed by atoms with Crippen LogP contribution in [0.2, 0.25) is 0 Å². The van der Waals surface area contributed by atoms with Crippen molar-refractivity contribution in [3.63, 3.8) is 0 Å². The minimum absolute atomic E-state index is 0.0372. The third-order valence-electron chi connectivity index (χ3n) is 3.56. The van der Waals surface area contributed by atoms with Crippen molar-refractivity contribution < 1.29 is 10.0 Å². The van der Waals surface area contributed by atoms with Crippen molar-refractivity contribution in [3.8, 4) is 0 Å². The van der Waals surface area contributed by atoms with Crippen LogP contribution < -0.4 is 0 Å². The molecule has 0 spiro atoms. The average molecular weight is 226 g/mol. The Hall–Kier alpha value is -0.410. The van der Waals surface area contributed by atoms with Crippen LogP contribution >= 0.6 is 0 Å². The Balaban J connectivity index is 2.91. The largest absolute Gasteiger partial charge is 0.299 e. The van der Waals surface area contributed by atoms with Crippen molar-refractivity contribution in [2.75, 3.05) is 0 Å². The van der Waals surface area contributed by atoms with Gasteiger partial charge in [0.2, 0.25) is 0 Å². The average Bonchev–Trinajstić information content (AvgIpc) is 2.11. The normalized spacial score (nSPS) is 26.0. The van der Waals surface area contributed by atoms with Crippen LogP contribution in [-0.2, 0) is 10.0 Å². The van der Waals surface area contributed by atoms with Crippen LogP contribution in [0.5, 0.6) is 0 Å². The van der Waals surface area contributed by atoms with Gasteiger partial charge < -0.3 is 0 Å². The van der Waals surface area contributed by atoms with E-state index in [2.05, 4.69) is 0 Å². The molecular weight excluding hydrogens is 202 g/mol. The van der Waals surface area contributed by atoms with Gasteiger partial charge in [0.05, 0.1) is 0 Å². The van der Waals surface area contributed by atoms with Crippen LogP contribution in [0.4, 0.5) is 0 Å². The number of nitrogens with zero attached hydrogens (tertiary/aromatic N) is 1. The lowest BCUT2D eigenvalue weighted by molar-refractivity contribution is -0.292. The molecule has 1 aliphatic heterocycles. The summed E-state index contributed by atoms with van der Waals surface area (Å²) in [6.45, 7) is 11.6. The van der Waals surface area contributed by atoms with E-state index in [-0.39, 0.29) is 11.8 Å². The number of ketones is 1. The second kappa shape index (κ2) is 4.11. The summed E-state index contributed by atoms with van der Waals surface area (Å²) in [6.07, 6.45) is 1.36. The SMILES string of the molecule is CC(C)C(=O)C1CC(C)(C)N([O])C(C)(C)C1. The lowest BCUT2D eigenvalue weighted by Gasteiger charge is -2.49. The number of hydrogen-bond donors (Lipinski definition) is 0. The van der Waals surface area contributed by atoms with Gasteiger partial charge in [-0.25, -0.2) is 0 Å². The minimum atomic E-state index is -0.434. The molecule has 0 unspecified atom stereocenters. The lowest BCUT2D eigenvalue weighted by Crippen LogP contribution is -2.59. The van der Waals surface area contributed by atoms with Crippen molar-refractivity contribution in [1.29, 1.82) is 0 Å². The molecule has 1 fully saturated rings. The Kier molecular flexibility index (Phi) is 3.51. The maximum absolute atomic E-state index is 12.1. The smallest absolute Gasteiger partial charge is 0.138 e. The van der Waals surface area contributed by atoms with Crippen LogP contribution in [0.15, 0.2) is 0 Å². The number of carbonyl (C=O) groups excluding carboxylic acids is 1. The van der Waals surface area contributed by atoms with Crippen molar-refractivity contribution in [1.82, 2.24) is 5.06 Å². The second-order valence-electron chi connectivity index (χ2n) is 6.58. The molecule has 0 saturated carbocycles. The van der Waals surface area contributed by atoms with Crippen LogP contribution in [0.3, 0.4) is 0 Å². The first kappa shape index (κ1) is 13.7. The highest BCUT2D eigenvalue weighted by atomic mass is 16.5. The van der Waals surface area contributed by atoms with E-state index >= 15 is 0 Å². The monoisotopic (exact) mass is 226 g/mol. The van der Waals surface area contributed by atoms with Crippen LogP contribution in [0.1, 0.15) is 54.4 Å². The summed E-state index contributed by atoms with van der Waals surface area (Å²) in [4.78, 5) is 12.1. The zero-order valence-corrected chi connectivity index (χ0v) is 11.3. The van der Waals surface area contributed by atoms with Gasteiger partial charge >= 0.3 is 0 Å². The Morgan fingerprint density at radius 2 is 1.50 bits per heavy atom. The van der Waals surface area contributed by atoms with E-state index in [9.17, 15) is 10.0 Å². The zero-order chi connectivity index (χ0) is 12.7. The molecule has 0 N–H and O–H groups in total. The van der Waals surface area contributed by atoms with Gasteiger partial charge in [-0.3, -0.25) is 4.79 Å². The number of carbonyl (C=O) groups is 1. The van der Waals surface area contributed by atoms with Gasteiger partial charge in [-0.2, -0.15) is 0 Å². The van der Waals surface area contributed by atoms with Gasteiger partial charge in [-0.1, -0.05) is 13.8 Å². The molecule has 1 radical (unpaired) electrons. The van der Waals surface area contributed by atoms with Gasteiger partial charge in [0.25, 0.3) is 0 Å². The van der Waals surface area contributed by atoms with E-state index in [1.165, 1.54) is 5.06 Å². The molecule has 1 heterocycles. The topological polar surface area (TPSA) is 40.2 Å². The van der Waals surface area contributed by atoms with Crippen molar-refractivity contribution in [3.05, 3.63) is 0 Å². The molecule has 16 heavy (non-hydrogen) atoms. The van der Waals surface area contributed by atoms with E-state index in [4.69, 9.17) is 0 Å². The van der Waals surface area contributed by atoms with Gasteiger partial charge in [0.1, 0.15) is 5.78 Å². The number of hydrogen-bond acceptors (Lipinski definition) is 2. The molecule has 0 aromatic rings. The van der Waals surface area contributed by atoms with E-state index in [1.807, 2.05) is 41.5 Å². The quantitative estimate of drug-likeness (QED) is 0.726. The number of hydroxylamine groups is 2. The Morgan fingerprint density at radius 3 is 1.81 bits per heavy atom. The predicted octanol–water partition coefficient (Wildman–Crippen LogP) is 2.83. The predicted molar refractivity (Wildman–Crippen MR) is 63.3 cm³/mol. The summed E-state index contributed by atoms with van der Waals surface area (Å²) < 4.78 is 0. The molecule has 0 aromatic carbocycles. The number of piperidine rings is 1. The summed E-state index contributed by atoms with van der Waals surface area (Å²) in [5.74, 6) is 0.402. The van der Waals surface area contributed by atoms with E-state index in [0.717, 1.165) is 0 Å². The second-order valence-corrected chi connectivity index (χ2v) is 6.58. The van der Waals surface area contributed by atoms with Gasteiger partial charge in [-0.15, -0.1) is 10.3 Å². The fourth-order valence-electron chi connectivity index (χ4n) is 2.94. The molecule has 3 heteroatoms. The maximum Gasteiger partial charge on any atom is 0.138 e. The summed E-state index contributed by atoms with van der Waals surface area (Å²) in [5, 5.41) is 13.3. The molecule has 1 aliphatic rings. The lowest BCUT2D eigenvalue weighted by atomic mass is 9.72. The third kappa shape index (κ3) is 2.46. The fourth-order valence-corrected chi connectivity index (χ4v) is 2.94. The molecule has 1 rings (SSSR count). The molecule has 1 saturated heterocycles. The Morgan fingerprint density at radius 1 is 1.12 bits per heavy atom. The molecular formula is C13H24NO2. The van der Waals surface area contributed by atoms with E-state index in [0.29, 0.717) is 18.6 Å². The van der Waals surface area contributed by atoms with Gasteiger partial charge in [0.15, 0.2) is 0 Å². The van der Waals surface area contributed by atoms with Crippen LogP contribution in [-0.4, -0.2) is 21.9 Å². The first-order valence-electron chi connectivity index (χ1n) is 6.09. The molecule has 0 bridgehead atoms. The highest BCUT2D eigenvalue weighted by Crippen LogP contribution is 2.41. The number of Topliss-reactive ketones (excluding diaryl/α,β-unsaturated/α-hetero) is 1. The van der Waals surface area contributed by atoms with Crippen LogP contribution in [0, 0.1) is 11.8 Å². The first-order valence-corrected chi connectivity index (χ1v) is 6.09. The maximum atomic E-state index is 12.1. The highest BCUT2D eigenvalue weighted by molar-refractivity contribution is 5.83. The Bertz CT molecular complexity index is 264.